The molecule has 0 saturated carbocycles. The molecule has 0 bridgehead atoms. The summed E-state index contributed by atoms with van der Waals surface area (Å²) in [6.07, 6.45) is 3.51. The number of rotatable bonds is 4. The highest BCUT2D eigenvalue weighted by atomic mass is 16.2. The van der Waals surface area contributed by atoms with Gasteiger partial charge in [0.2, 0.25) is 5.91 Å². The average molecular weight is 219 g/mol. The second-order valence-corrected chi connectivity index (χ2v) is 4.09. The van der Waals surface area contributed by atoms with Crippen LogP contribution in [0.2, 0.25) is 0 Å². The van der Waals surface area contributed by atoms with Crippen LogP contribution in [0.15, 0.2) is 24.4 Å². The van der Waals surface area contributed by atoms with E-state index in [1.54, 1.807) is 6.20 Å². The van der Waals surface area contributed by atoms with Gasteiger partial charge in [-0.2, -0.15) is 0 Å². The third kappa shape index (κ3) is 2.51. The van der Waals surface area contributed by atoms with Gasteiger partial charge in [0.15, 0.2) is 0 Å². The molecule has 1 amide bonds. The molecule has 0 spiro atoms. The SMILES string of the molecule is CN(CCN1CCCC1=O)c1ccccn1. The van der Waals surface area contributed by atoms with Gasteiger partial charge >= 0.3 is 0 Å². The summed E-state index contributed by atoms with van der Waals surface area (Å²) >= 11 is 0. The van der Waals surface area contributed by atoms with E-state index in [9.17, 15) is 4.79 Å². The number of carbonyl (C=O) groups excluding carboxylic acids is 1. The zero-order valence-corrected chi connectivity index (χ0v) is 9.59. The highest BCUT2D eigenvalue weighted by Gasteiger charge is 2.19. The molecular weight excluding hydrogens is 202 g/mol. The second-order valence-electron chi connectivity index (χ2n) is 4.09. The van der Waals surface area contributed by atoms with Crippen LogP contribution in [0.5, 0.6) is 0 Å². The lowest BCUT2D eigenvalue weighted by atomic mass is 10.4. The normalized spacial score (nSPS) is 15.6. The Labute approximate surface area is 95.9 Å². The lowest BCUT2D eigenvalue weighted by molar-refractivity contribution is -0.127. The van der Waals surface area contributed by atoms with Gasteiger partial charge in [-0.1, -0.05) is 6.07 Å². The summed E-state index contributed by atoms with van der Waals surface area (Å²) in [6.45, 7) is 2.55. The fraction of sp³-hybridized carbons (Fsp3) is 0.500. The summed E-state index contributed by atoms with van der Waals surface area (Å²) in [5.74, 6) is 1.24. The summed E-state index contributed by atoms with van der Waals surface area (Å²) in [6, 6.07) is 5.85. The number of likely N-dealkylation sites (N-methyl/N-ethyl adjacent to an activating group) is 1. The number of carbonyl (C=O) groups is 1. The van der Waals surface area contributed by atoms with E-state index in [0.29, 0.717) is 6.42 Å². The first-order valence-electron chi connectivity index (χ1n) is 5.67. The number of anilines is 1. The topological polar surface area (TPSA) is 36.4 Å². The Kier molecular flexibility index (Phi) is 3.39. The molecule has 1 aromatic rings. The van der Waals surface area contributed by atoms with E-state index < -0.39 is 0 Å². The number of pyridine rings is 1. The van der Waals surface area contributed by atoms with Crippen LogP contribution in [-0.4, -0.2) is 42.5 Å². The number of nitrogens with zero attached hydrogens (tertiary/aromatic N) is 3. The smallest absolute Gasteiger partial charge is 0.222 e. The molecule has 0 aromatic carbocycles. The summed E-state index contributed by atoms with van der Waals surface area (Å²) in [7, 11) is 2.00. The van der Waals surface area contributed by atoms with Gasteiger partial charge in [0.1, 0.15) is 5.82 Å². The molecule has 1 saturated heterocycles. The Hall–Kier alpha value is -1.58. The van der Waals surface area contributed by atoms with Gasteiger partial charge in [-0.05, 0) is 18.6 Å². The van der Waals surface area contributed by atoms with Crippen LogP contribution >= 0.6 is 0 Å². The number of aromatic nitrogens is 1. The molecule has 1 fully saturated rings. The minimum Gasteiger partial charge on any atom is -0.358 e. The third-order valence-electron chi connectivity index (χ3n) is 2.92. The van der Waals surface area contributed by atoms with Crippen LogP contribution in [0, 0.1) is 0 Å². The number of hydrogen-bond donors (Lipinski definition) is 0. The van der Waals surface area contributed by atoms with Crippen molar-refractivity contribution in [1.29, 1.82) is 0 Å². The molecule has 1 aromatic heterocycles. The molecule has 0 aliphatic carbocycles. The third-order valence-corrected chi connectivity index (χ3v) is 2.92. The van der Waals surface area contributed by atoms with E-state index in [1.165, 1.54) is 0 Å². The number of likely N-dealkylation sites (tertiary alicyclic amines) is 1. The highest BCUT2D eigenvalue weighted by molar-refractivity contribution is 5.78. The maximum Gasteiger partial charge on any atom is 0.222 e. The molecule has 1 aliphatic rings. The van der Waals surface area contributed by atoms with Crippen molar-refractivity contribution in [1.82, 2.24) is 9.88 Å². The fourth-order valence-corrected chi connectivity index (χ4v) is 1.91. The van der Waals surface area contributed by atoms with E-state index in [4.69, 9.17) is 0 Å². The van der Waals surface area contributed by atoms with Gasteiger partial charge in [0, 0.05) is 39.3 Å². The molecular formula is C12H17N3O. The van der Waals surface area contributed by atoms with E-state index in [0.717, 1.165) is 31.9 Å². The summed E-state index contributed by atoms with van der Waals surface area (Å²) < 4.78 is 0. The molecule has 86 valence electrons. The van der Waals surface area contributed by atoms with Crippen LogP contribution < -0.4 is 4.90 Å². The van der Waals surface area contributed by atoms with Crippen molar-refractivity contribution in [2.45, 2.75) is 12.8 Å². The van der Waals surface area contributed by atoms with Crippen LogP contribution in [-0.2, 0) is 4.79 Å². The molecule has 0 unspecified atom stereocenters. The van der Waals surface area contributed by atoms with Crippen LogP contribution in [0.4, 0.5) is 5.82 Å². The van der Waals surface area contributed by atoms with Crippen LogP contribution in [0.1, 0.15) is 12.8 Å². The molecule has 1 aliphatic heterocycles. The van der Waals surface area contributed by atoms with Crippen molar-refractivity contribution in [3.05, 3.63) is 24.4 Å². The van der Waals surface area contributed by atoms with Gasteiger partial charge < -0.3 is 9.80 Å². The minimum atomic E-state index is 0.287. The maximum absolute atomic E-state index is 11.4. The first-order chi connectivity index (χ1) is 7.77. The minimum absolute atomic E-state index is 0.287. The van der Waals surface area contributed by atoms with E-state index in [1.807, 2.05) is 30.1 Å². The summed E-state index contributed by atoms with van der Waals surface area (Å²) in [4.78, 5) is 19.7. The largest absolute Gasteiger partial charge is 0.358 e. The Balaban J connectivity index is 1.84. The van der Waals surface area contributed by atoms with E-state index in [-0.39, 0.29) is 5.91 Å². The van der Waals surface area contributed by atoms with Crippen molar-refractivity contribution in [2.75, 3.05) is 31.6 Å². The molecule has 0 radical (unpaired) electrons. The van der Waals surface area contributed by atoms with Gasteiger partial charge in [-0.3, -0.25) is 4.79 Å². The van der Waals surface area contributed by atoms with Gasteiger partial charge in [-0.25, -0.2) is 4.98 Å². The van der Waals surface area contributed by atoms with Crippen molar-refractivity contribution in [2.24, 2.45) is 0 Å². The van der Waals surface area contributed by atoms with Crippen molar-refractivity contribution in [3.63, 3.8) is 0 Å². The van der Waals surface area contributed by atoms with E-state index >= 15 is 0 Å². The van der Waals surface area contributed by atoms with Crippen LogP contribution in [0.3, 0.4) is 0 Å². The molecule has 2 heterocycles. The molecule has 0 N–H and O–H groups in total. The standard InChI is InChI=1S/C12H17N3O/c1-14(11-5-2-3-7-13-11)9-10-15-8-4-6-12(15)16/h2-3,5,7H,4,6,8-10H2,1H3. The zero-order valence-electron chi connectivity index (χ0n) is 9.59. The average Bonchev–Trinajstić information content (AvgIpc) is 2.73. The lowest BCUT2D eigenvalue weighted by Crippen LogP contribution is -2.34. The Morgan fingerprint density at radius 3 is 3.00 bits per heavy atom. The highest BCUT2D eigenvalue weighted by Crippen LogP contribution is 2.11. The fourth-order valence-electron chi connectivity index (χ4n) is 1.91. The molecule has 4 nitrogen and oxygen atoms in total. The van der Waals surface area contributed by atoms with Gasteiger partial charge in [0.25, 0.3) is 0 Å². The van der Waals surface area contributed by atoms with Crippen molar-refractivity contribution in [3.8, 4) is 0 Å². The number of hydrogen-bond acceptors (Lipinski definition) is 3. The predicted molar refractivity (Wildman–Crippen MR) is 63.3 cm³/mol. The van der Waals surface area contributed by atoms with Crippen LogP contribution in [0.25, 0.3) is 0 Å². The number of amides is 1. The molecule has 16 heavy (non-hydrogen) atoms. The monoisotopic (exact) mass is 219 g/mol. The summed E-state index contributed by atoms with van der Waals surface area (Å²) in [5.41, 5.74) is 0. The first kappa shape index (κ1) is 10.9. The van der Waals surface area contributed by atoms with Crippen molar-refractivity contribution < 1.29 is 4.79 Å². The van der Waals surface area contributed by atoms with Gasteiger partial charge in [-0.15, -0.1) is 0 Å². The molecule has 0 atom stereocenters. The quantitative estimate of drug-likeness (QED) is 0.762. The first-order valence-corrected chi connectivity index (χ1v) is 5.67. The maximum atomic E-state index is 11.4. The zero-order chi connectivity index (χ0) is 11.4. The summed E-state index contributed by atoms with van der Waals surface area (Å²) in [5, 5.41) is 0. The van der Waals surface area contributed by atoms with Gasteiger partial charge in [0.05, 0.1) is 0 Å². The second kappa shape index (κ2) is 4.96. The van der Waals surface area contributed by atoms with Crippen molar-refractivity contribution >= 4 is 11.7 Å². The Morgan fingerprint density at radius 2 is 2.38 bits per heavy atom. The lowest BCUT2D eigenvalue weighted by Gasteiger charge is -2.22. The predicted octanol–water partition coefficient (Wildman–Crippen LogP) is 1.14. The van der Waals surface area contributed by atoms with E-state index in [2.05, 4.69) is 9.88 Å². The Morgan fingerprint density at radius 1 is 1.50 bits per heavy atom. The Bertz CT molecular complexity index is 353. The molecule has 4 heteroatoms. The molecule has 2 rings (SSSR count).